The van der Waals surface area contributed by atoms with Crippen LogP contribution in [0.5, 0.6) is 0 Å². The molecule has 12 heteroatoms. The maximum atomic E-state index is 13.2. The molecule has 28 heavy (non-hydrogen) atoms. The third-order valence-corrected chi connectivity index (χ3v) is 3.59. The van der Waals surface area contributed by atoms with Crippen molar-refractivity contribution in [2.24, 2.45) is 0 Å². The van der Waals surface area contributed by atoms with E-state index < -0.39 is 70.2 Å². The van der Waals surface area contributed by atoms with Crippen molar-refractivity contribution in [1.82, 2.24) is 0 Å². The fraction of sp³-hybridized carbons (Fsp3) is 0.250. The molecule has 0 bridgehead atoms. The first-order valence-corrected chi connectivity index (χ1v) is 6.99. The summed E-state index contributed by atoms with van der Waals surface area (Å²) < 4.78 is 155. The third-order valence-electron chi connectivity index (χ3n) is 3.59. The molecule has 0 aliphatic carbocycles. The van der Waals surface area contributed by atoms with Gasteiger partial charge >= 0.3 is 24.7 Å². The van der Waals surface area contributed by atoms with Crippen molar-refractivity contribution in [2.45, 2.75) is 24.7 Å². The molecule has 0 aliphatic rings. The first-order valence-electron chi connectivity index (χ1n) is 6.99. The largest absolute Gasteiger partial charge is 0.417 e. The minimum atomic E-state index is -5.50. The van der Waals surface area contributed by atoms with E-state index in [1.807, 2.05) is 0 Å². The lowest BCUT2D eigenvalue weighted by molar-refractivity contribution is -0.145. The van der Waals surface area contributed by atoms with Crippen LogP contribution in [0.2, 0.25) is 0 Å². The van der Waals surface area contributed by atoms with Gasteiger partial charge in [0.15, 0.2) is 0 Å². The second kappa shape index (κ2) is 6.59. The van der Waals surface area contributed by atoms with Crippen LogP contribution in [0.1, 0.15) is 22.3 Å². The number of halogens is 12. The maximum absolute atomic E-state index is 13.2. The van der Waals surface area contributed by atoms with Crippen molar-refractivity contribution in [3.05, 3.63) is 58.7 Å². The number of rotatable bonds is 1. The molecule has 0 heterocycles. The van der Waals surface area contributed by atoms with Gasteiger partial charge in [0, 0.05) is 0 Å². The number of benzene rings is 2. The van der Waals surface area contributed by atoms with Crippen molar-refractivity contribution in [1.29, 1.82) is 0 Å². The molecule has 0 saturated carbocycles. The Hall–Kier alpha value is -2.40. The summed E-state index contributed by atoms with van der Waals surface area (Å²) in [6, 6.07) is -0.280. The van der Waals surface area contributed by atoms with E-state index in [1.165, 1.54) is 0 Å². The van der Waals surface area contributed by atoms with Gasteiger partial charge in [0.2, 0.25) is 0 Å². The van der Waals surface area contributed by atoms with Crippen LogP contribution in [0.25, 0.3) is 11.1 Å². The molecule has 0 radical (unpaired) electrons. The van der Waals surface area contributed by atoms with E-state index in [0.717, 1.165) is 0 Å². The van der Waals surface area contributed by atoms with E-state index in [4.69, 9.17) is 0 Å². The summed E-state index contributed by atoms with van der Waals surface area (Å²) in [5, 5.41) is 0. The molecule has 2 rings (SSSR count). The summed E-state index contributed by atoms with van der Waals surface area (Å²) in [5.74, 6) is 0. The summed E-state index contributed by atoms with van der Waals surface area (Å²) in [4.78, 5) is 0. The highest BCUT2D eigenvalue weighted by molar-refractivity contribution is 5.73. The molecule has 0 nitrogen and oxygen atoms in total. The normalized spacial score (nSPS) is 13.7. The molecule has 2 aromatic rings. The molecule has 2 aromatic carbocycles. The highest BCUT2D eigenvalue weighted by Gasteiger charge is 2.42. The van der Waals surface area contributed by atoms with Crippen LogP contribution in [0, 0.1) is 0 Å². The Morgan fingerprint density at radius 2 is 0.679 bits per heavy atom. The molecule has 0 spiro atoms. The van der Waals surface area contributed by atoms with Gasteiger partial charge in [-0.3, -0.25) is 0 Å². The van der Waals surface area contributed by atoms with Crippen molar-refractivity contribution in [3.8, 4) is 11.1 Å². The molecule has 154 valence electrons. The molecule has 0 fully saturated rings. The summed E-state index contributed by atoms with van der Waals surface area (Å²) in [5.41, 5.74) is -10.3. The Morgan fingerprint density at radius 3 is 0.893 bits per heavy atom. The highest BCUT2D eigenvalue weighted by atomic mass is 19.4. The van der Waals surface area contributed by atoms with E-state index in [-0.39, 0.29) is 24.3 Å². The van der Waals surface area contributed by atoms with Gasteiger partial charge in [-0.1, -0.05) is 12.1 Å². The summed E-state index contributed by atoms with van der Waals surface area (Å²) >= 11 is 0. The van der Waals surface area contributed by atoms with Crippen LogP contribution >= 0.6 is 0 Å². The molecule has 0 unspecified atom stereocenters. The van der Waals surface area contributed by atoms with E-state index in [1.54, 1.807) is 0 Å². The lowest BCUT2D eigenvalue weighted by Gasteiger charge is -2.20. The first-order chi connectivity index (χ1) is 12.4. The zero-order chi connectivity index (χ0) is 21.7. The molecule has 0 atom stereocenters. The van der Waals surface area contributed by atoms with Crippen LogP contribution in [0.15, 0.2) is 36.4 Å². The predicted molar refractivity (Wildman–Crippen MR) is 71.9 cm³/mol. The molecule has 0 saturated heterocycles. The Labute approximate surface area is 148 Å². The average Bonchev–Trinajstić information content (AvgIpc) is 2.50. The SMILES string of the molecule is FC(F)(F)c1ccc(-c2ccc(C(F)(F)F)cc2C(F)(F)F)c(C(F)(F)F)c1. The van der Waals surface area contributed by atoms with Gasteiger partial charge in [-0.25, -0.2) is 0 Å². The molecule has 0 aliphatic heterocycles. The van der Waals surface area contributed by atoms with Gasteiger partial charge < -0.3 is 0 Å². The van der Waals surface area contributed by atoms with Gasteiger partial charge in [0.25, 0.3) is 0 Å². The molecule has 0 N–H and O–H groups in total. The van der Waals surface area contributed by atoms with Crippen LogP contribution in [0.4, 0.5) is 52.7 Å². The lowest BCUT2D eigenvalue weighted by Crippen LogP contribution is -2.15. The topological polar surface area (TPSA) is 0 Å². The molecular formula is C16H6F12. The minimum Gasteiger partial charge on any atom is -0.166 e. The van der Waals surface area contributed by atoms with E-state index >= 15 is 0 Å². The van der Waals surface area contributed by atoms with Gasteiger partial charge in [0.05, 0.1) is 22.3 Å². The lowest BCUT2D eigenvalue weighted by atomic mass is 9.92. The fourth-order valence-corrected chi connectivity index (χ4v) is 2.38. The highest BCUT2D eigenvalue weighted by Crippen LogP contribution is 2.46. The van der Waals surface area contributed by atoms with Crippen LogP contribution in [-0.2, 0) is 24.7 Å². The van der Waals surface area contributed by atoms with Gasteiger partial charge in [-0.15, -0.1) is 0 Å². The first kappa shape index (κ1) is 21.9. The summed E-state index contributed by atoms with van der Waals surface area (Å²) in [6.45, 7) is 0. The number of alkyl halides is 12. The van der Waals surface area contributed by atoms with Crippen molar-refractivity contribution in [2.75, 3.05) is 0 Å². The van der Waals surface area contributed by atoms with Crippen molar-refractivity contribution in [3.63, 3.8) is 0 Å². The monoisotopic (exact) mass is 426 g/mol. The second-order valence-corrected chi connectivity index (χ2v) is 5.51. The smallest absolute Gasteiger partial charge is 0.166 e. The molecular weight excluding hydrogens is 420 g/mol. The Bertz CT molecular complexity index is 792. The quantitative estimate of drug-likeness (QED) is 0.416. The Morgan fingerprint density at radius 1 is 0.393 bits per heavy atom. The minimum absolute atomic E-state index is 0.113. The summed E-state index contributed by atoms with van der Waals surface area (Å²) in [6.07, 6.45) is -21.4. The second-order valence-electron chi connectivity index (χ2n) is 5.51. The average molecular weight is 426 g/mol. The number of hydrogen-bond donors (Lipinski definition) is 0. The van der Waals surface area contributed by atoms with E-state index in [2.05, 4.69) is 0 Å². The van der Waals surface area contributed by atoms with Crippen LogP contribution in [0.3, 0.4) is 0 Å². The zero-order valence-electron chi connectivity index (χ0n) is 13.0. The standard InChI is InChI=1S/C16H6F12/c17-13(18,19)7-1-3-9(11(5-7)15(23,24)25)10-4-2-8(14(20,21)22)6-12(10)16(26,27)28/h1-6H. The Kier molecular flexibility index (Phi) is 5.15. The van der Waals surface area contributed by atoms with Gasteiger partial charge in [-0.05, 0) is 35.4 Å². The van der Waals surface area contributed by atoms with Crippen molar-refractivity contribution >= 4 is 0 Å². The third kappa shape index (κ3) is 4.53. The maximum Gasteiger partial charge on any atom is 0.417 e. The van der Waals surface area contributed by atoms with Crippen LogP contribution < -0.4 is 0 Å². The van der Waals surface area contributed by atoms with Gasteiger partial charge in [-0.2, -0.15) is 52.7 Å². The molecule has 0 aromatic heterocycles. The van der Waals surface area contributed by atoms with E-state index in [9.17, 15) is 52.7 Å². The number of hydrogen-bond acceptors (Lipinski definition) is 0. The molecule has 0 amide bonds. The summed E-state index contributed by atoms with van der Waals surface area (Å²) in [7, 11) is 0. The zero-order valence-corrected chi connectivity index (χ0v) is 13.0. The van der Waals surface area contributed by atoms with E-state index in [0.29, 0.717) is 0 Å². The predicted octanol–water partition coefficient (Wildman–Crippen LogP) is 7.43. The van der Waals surface area contributed by atoms with Gasteiger partial charge in [0.1, 0.15) is 0 Å². The Balaban J connectivity index is 2.84. The van der Waals surface area contributed by atoms with Crippen molar-refractivity contribution < 1.29 is 52.7 Å². The van der Waals surface area contributed by atoms with Crippen LogP contribution in [-0.4, -0.2) is 0 Å². The fourth-order valence-electron chi connectivity index (χ4n) is 2.38.